The number of imidazole rings is 1. The van der Waals surface area contributed by atoms with E-state index in [2.05, 4.69) is 24.6 Å². The molecule has 6 nitrogen and oxygen atoms in total. The Morgan fingerprint density at radius 2 is 2.12 bits per heavy atom. The van der Waals surface area contributed by atoms with Gasteiger partial charge in [-0.1, -0.05) is 5.16 Å². The number of hydrogen-bond acceptors (Lipinski definition) is 5. The van der Waals surface area contributed by atoms with E-state index in [1.54, 1.807) is 0 Å². The molecule has 2 aromatic rings. The van der Waals surface area contributed by atoms with Crippen molar-refractivity contribution in [2.24, 2.45) is 5.73 Å². The molecule has 0 aromatic carbocycles. The third kappa shape index (κ3) is 1.88. The molecular formula is C8H8F3N5O. The summed E-state index contributed by atoms with van der Waals surface area (Å²) in [5.74, 6) is -0.583. The van der Waals surface area contributed by atoms with Gasteiger partial charge in [0.25, 0.3) is 5.89 Å². The summed E-state index contributed by atoms with van der Waals surface area (Å²) in [6.07, 6.45) is -1.78. The van der Waals surface area contributed by atoms with Crippen LogP contribution >= 0.6 is 0 Å². The molecule has 0 aliphatic heterocycles. The molecule has 1 atom stereocenters. The molecule has 2 heterocycles. The first-order chi connectivity index (χ1) is 7.82. The highest BCUT2D eigenvalue weighted by atomic mass is 19.4. The van der Waals surface area contributed by atoms with E-state index in [0.717, 1.165) is 6.92 Å². The van der Waals surface area contributed by atoms with Crippen LogP contribution in [0.4, 0.5) is 13.2 Å². The molecule has 0 saturated carbocycles. The fourth-order valence-electron chi connectivity index (χ4n) is 1.04. The fraction of sp³-hybridized carbons (Fsp3) is 0.375. The largest absolute Gasteiger partial charge is 0.415 e. The van der Waals surface area contributed by atoms with Crippen molar-refractivity contribution < 1.29 is 17.7 Å². The molecule has 0 saturated heterocycles. The molecule has 0 aliphatic carbocycles. The van der Waals surface area contributed by atoms with Gasteiger partial charge in [-0.2, -0.15) is 18.2 Å². The van der Waals surface area contributed by atoms with E-state index in [-0.39, 0.29) is 11.6 Å². The molecule has 0 aliphatic rings. The van der Waals surface area contributed by atoms with Gasteiger partial charge in [0.05, 0.1) is 0 Å². The van der Waals surface area contributed by atoms with E-state index < -0.39 is 17.6 Å². The van der Waals surface area contributed by atoms with E-state index in [1.165, 1.54) is 12.4 Å². The number of nitrogens with zero attached hydrogens (tertiary/aromatic N) is 3. The van der Waals surface area contributed by atoms with Gasteiger partial charge in [-0.15, -0.1) is 0 Å². The monoisotopic (exact) mass is 247 g/mol. The van der Waals surface area contributed by atoms with Gasteiger partial charge in [0, 0.05) is 12.4 Å². The minimum Gasteiger partial charge on any atom is -0.342 e. The van der Waals surface area contributed by atoms with Crippen LogP contribution in [0.1, 0.15) is 12.8 Å². The number of rotatable bonds is 2. The predicted octanol–water partition coefficient (Wildman–Crippen LogP) is 1.20. The molecule has 0 bridgehead atoms. The molecule has 3 N–H and O–H groups in total. The first-order valence-electron chi connectivity index (χ1n) is 4.52. The number of alkyl halides is 3. The number of nitrogens with one attached hydrogen (secondary N) is 1. The number of aromatic amines is 1. The summed E-state index contributed by atoms with van der Waals surface area (Å²) >= 11 is 0. The summed E-state index contributed by atoms with van der Waals surface area (Å²) in [4.78, 5) is 9.99. The number of nitrogens with two attached hydrogens (primary N) is 1. The minimum atomic E-state index is -4.68. The lowest BCUT2D eigenvalue weighted by molar-refractivity contribution is -0.190. The van der Waals surface area contributed by atoms with Gasteiger partial charge in [0.2, 0.25) is 5.82 Å². The average molecular weight is 247 g/mol. The Morgan fingerprint density at radius 3 is 2.65 bits per heavy atom. The van der Waals surface area contributed by atoms with E-state index in [1.807, 2.05) is 0 Å². The molecule has 0 fully saturated rings. The van der Waals surface area contributed by atoms with E-state index in [0.29, 0.717) is 0 Å². The second kappa shape index (κ2) is 3.55. The van der Waals surface area contributed by atoms with Crippen molar-refractivity contribution in [3.8, 4) is 11.6 Å². The lowest BCUT2D eigenvalue weighted by atomic mass is 10.0. The Kier molecular flexibility index (Phi) is 2.42. The van der Waals surface area contributed by atoms with Crippen molar-refractivity contribution in [3.63, 3.8) is 0 Å². The molecule has 0 spiro atoms. The summed E-state index contributed by atoms with van der Waals surface area (Å²) in [5, 5.41) is 3.38. The molecule has 9 heteroatoms. The Balaban J connectivity index is 2.37. The maximum absolute atomic E-state index is 12.6. The zero-order chi connectivity index (χ0) is 12.7. The zero-order valence-electron chi connectivity index (χ0n) is 8.62. The Labute approximate surface area is 93.0 Å². The van der Waals surface area contributed by atoms with Gasteiger partial charge in [0.1, 0.15) is 0 Å². The molecule has 1 unspecified atom stereocenters. The van der Waals surface area contributed by atoms with Crippen LogP contribution in [0.15, 0.2) is 16.9 Å². The molecule has 0 amide bonds. The maximum atomic E-state index is 12.6. The highest BCUT2D eigenvalue weighted by Gasteiger charge is 2.53. The van der Waals surface area contributed by atoms with Crippen LogP contribution < -0.4 is 5.73 Å². The summed E-state index contributed by atoms with van der Waals surface area (Å²) in [7, 11) is 0. The molecular weight excluding hydrogens is 239 g/mol. The quantitative estimate of drug-likeness (QED) is 0.831. The molecule has 2 aromatic heterocycles. The number of hydrogen-bond donors (Lipinski definition) is 2. The zero-order valence-corrected chi connectivity index (χ0v) is 8.62. The van der Waals surface area contributed by atoms with Crippen molar-refractivity contribution in [1.82, 2.24) is 20.1 Å². The van der Waals surface area contributed by atoms with Crippen molar-refractivity contribution in [2.75, 3.05) is 0 Å². The van der Waals surface area contributed by atoms with Crippen LogP contribution in [0.5, 0.6) is 0 Å². The molecule has 17 heavy (non-hydrogen) atoms. The highest BCUT2D eigenvalue weighted by molar-refractivity contribution is 5.41. The van der Waals surface area contributed by atoms with E-state index in [4.69, 9.17) is 5.73 Å². The smallest absolute Gasteiger partial charge is 0.342 e. The summed E-state index contributed by atoms with van der Waals surface area (Å²) in [6.45, 7) is 0.756. The summed E-state index contributed by atoms with van der Waals surface area (Å²) in [6, 6.07) is 0. The van der Waals surface area contributed by atoms with E-state index >= 15 is 0 Å². The summed E-state index contributed by atoms with van der Waals surface area (Å²) < 4.78 is 42.3. The minimum absolute atomic E-state index is 0.0778. The number of halogens is 3. The third-order valence-corrected chi connectivity index (χ3v) is 2.17. The van der Waals surface area contributed by atoms with E-state index in [9.17, 15) is 13.2 Å². The first-order valence-corrected chi connectivity index (χ1v) is 4.52. The second-order valence-corrected chi connectivity index (χ2v) is 3.56. The Morgan fingerprint density at radius 1 is 1.41 bits per heavy atom. The number of H-pyrrole nitrogens is 1. The summed E-state index contributed by atoms with van der Waals surface area (Å²) in [5.41, 5.74) is 2.44. The number of aromatic nitrogens is 4. The second-order valence-electron chi connectivity index (χ2n) is 3.56. The Hall–Kier alpha value is -1.90. The predicted molar refractivity (Wildman–Crippen MR) is 49.5 cm³/mol. The van der Waals surface area contributed by atoms with Crippen molar-refractivity contribution >= 4 is 0 Å². The molecule has 92 valence electrons. The van der Waals surface area contributed by atoms with Crippen molar-refractivity contribution in [3.05, 3.63) is 18.3 Å². The van der Waals surface area contributed by atoms with Crippen LogP contribution in [0.3, 0.4) is 0 Å². The van der Waals surface area contributed by atoms with Crippen LogP contribution in [0.25, 0.3) is 11.6 Å². The molecule has 0 radical (unpaired) electrons. The lowest BCUT2D eigenvalue weighted by Crippen LogP contribution is -2.48. The average Bonchev–Trinajstić information content (AvgIpc) is 2.87. The third-order valence-electron chi connectivity index (χ3n) is 2.17. The van der Waals surface area contributed by atoms with Gasteiger partial charge in [0.15, 0.2) is 11.4 Å². The maximum Gasteiger partial charge on any atom is 0.415 e. The van der Waals surface area contributed by atoms with Gasteiger partial charge in [-0.3, -0.25) is 0 Å². The Bertz CT molecular complexity index is 501. The van der Waals surface area contributed by atoms with Crippen LogP contribution in [-0.4, -0.2) is 26.3 Å². The topological polar surface area (TPSA) is 93.6 Å². The SMILES string of the molecule is CC(N)(c1nc(-c2ncc[nH]2)no1)C(F)(F)F. The van der Waals surface area contributed by atoms with Crippen molar-refractivity contribution in [2.45, 2.75) is 18.6 Å². The van der Waals surface area contributed by atoms with Crippen LogP contribution in [0.2, 0.25) is 0 Å². The van der Waals surface area contributed by atoms with Gasteiger partial charge >= 0.3 is 6.18 Å². The normalized spacial score (nSPS) is 15.8. The van der Waals surface area contributed by atoms with Gasteiger partial charge in [-0.05, 0) is 6.92 Å². The highest BCUT2D eigenvalue weighted by Crippen LogP contribution is 2.35. The fourth-order valence-corrected chi connectivity index (χ4v) is 1.04. The standard InChI is InChI=1S/C8H8F3N5O/c1-7(12,8(9,10)11)6-15-5(16-17-6)4-13-2-3-14-4/h2-3H,12H2,1H3,(H,13,14). The lowest BCUT2D eigenvalue weighted by Gasteiger charge is -2.22. The van der Waals surface area contributed by atoms with Crippen molar-refractivity contribution in [1.29, 1.82) is 0 Å². The first kappa shape index (κ1) is 11.6. The van der Waals surface area contributed by atoms with Crippen LogP contribution in [0, 0.1) is 0 Å². The van der Waals surface area contributed by atoms with Crippen LogP contribution in [-0.2, 0) is 5.54 Å². The molecule has 2 rings (SSSR count). The van der Waals surface area contributed by atoms with Gasteiger partial charge < -0.3 is 15.2 Å². The van der Waals surface area contributed by atoms with Gasteiger partial charge in [-0.25, -0.2) is 4.98 Å².